The molecule has 0 aliphatic carbocycles. The standard InChI is InChI=1S/C9H24O3Si2/c1-7(10)6-9(2,3)8(11-13-4)12-14-5/h7-8,10H,6,13-14H2,1-5H3/t7-/m0/s1. The van der Waals surface area contributed by atoms with Gasteiger partial charge in [-0.15, -0.1) is 0 Å². The molecule has 0 aliphatic heterocycles. The van der Waals surface area contributed by atoms with E-state index in [-0.39, 0.29) is 17.8 Å². The van der Waals surface area contributed by atoms with Crippen molar-refractivity contribution in [2.45, 2.75) is 52.7 Å². The van der Waals surface area contributed by atoms with Gasteiger partial charge in [0.25, 0.3) is 0 Å². The number of aliphatic hydroxyl groups is 1. The molecule has 0 aliphatic rings. The first kappa shape index (κ1) is 14.3. The summed E-state index contributed by atoms with van der Waals surface area (Å²) in [5, 5.41) is 9.38. The van der Waals surface area contributed by atoms with Crippen molar-refractivity contribution in [1.29, 1.82) is 0 Å². The largest absolute Gasteiger partial charge is 0.400 e. The third-order valence-corrected chi connectivity index (χ3v) is 3.37. The zero-order valence-corrected chi connectivity index (χ0v) is 12.9. The monoisotopic (exact) mass is 236 g/mol. The van der Waals surface area contributed by atoms with Gasteiger partial charge >= 0.3 is 0 Å². The molecule has 1 atom stereocenters. The van der Waals surface area contributed by atoms with Gasteiger partial charge in [-0.2, -0.15) is 0 Å². The SMILES string of the molecule is C[SiH2]OC(O[SiH2]C)C(C)(C)C[C@H](C)O. The van der Waals surface area contributed by atoms with E-state index in [0.717, 1.165) is 6.42 Å². The minimum Gasteiger partial charge on any atom is -0.400 e. The highest BCUT2D eigenvalue weighted by molar-refractivity contribution is 6.26. The first-order chi connectivity index (χ1) is 6.44. The van der Waals surface area contributed by atoms with Gasteiger partial charge in [0, 0.05) is 5.41 Å². The molecule has 0 fully saturated rings. The van der Waals surface area contributed by atoms with Crippen LogP contribution in [0.5, 0.6) is 0 Å². The smallest absolute Gasteiger partial charge is 0.161 e. The first-order valence-electron chi connectivity index (χ1n) is 5.35. The molecule has 0 unspecified atom stereocenters. The van der Waals surface area contributed by atoms with Gasteiger partial charge in [0.1, 0.15) is 6.29 Å². The Morgan fingerprint density at radius 2 is 1.64 bits per heavy atom. The van der Waals surface area contributed by atoms with Crippen molar-refractivity contribution in [3.8, 4) is 0 Å². The highest BCUT2D eigenvalue weighted by atomic mass is 28.2. The maximum atomic E-state index is 9.38. The molecule has 0 aromatic rings. The normalized spacial score (nSPS) is 18.4. The Hall–Kier alpha value is 0.314. The molecule has 0 saturated heterocycles. The van der Waals surface area contributed by atoms with Gasteiger partial charge in [0.05, 0.1) is 6.10 Å². The van der Waals surface area contributed by atoms with Gasteiger partial charge in [0.15, 0.2) is 19.5 Å². The van der Waals surface area contributed by atoms with Gasteiger partial charge in [0.2, 0.25) is 0 Å². The van der Waals surface area contributed by atoms with E-state index in [9.17, 15) is 5.11 Å². The number of rotatable bonds is 7. The van der Waals surface area contributed by atoms with Crippen molar-refractivity contribution in [3.05, 3.63) is 0 Å². The molecule has 0 saturated carbocycles. The van der Waals surface area contributed by atoms with Crippen LogP contribution in [0.1, 0.15) is 27.2 Å². The highest BCUT2D eigenvalue weighted by Gasteiger charge is 2.31. The fourth-order valence-electron chi connectivity index (χ4n) is 1.66. The third-order valence-electron chi connectivity index (χ3n) is 2.10. The van der Waals surface area contributed by atoms with Crippen LogP contribution in [-0.4, -0.2) is 37.0 Å². The molecule has 0 heterocycles. The van der Waals surface area contributed by atoms with E-state index in [1.54, 1.807) is 0 Å². The van der Waals surface area contributed by atoms with Gasteiger partial charge in [-0.05, 0) is 13.3 Å². The lowest BCUT2D eigenvalue weighted by Crippen LogP contribution is -2.38. The van der Waals surface area contributed by atoms with Gasteiger partial charge in [-0.25, -0.2) is 0 Å². The van der Waals surface area contributed by atoms with E-state index in [1.165, 1.54) is 0 Å². The Balaban J connectivity index is 4.28. The van der Waals surface area contributed by atoms with Crippen LogP contribution in [0.2, 0.25) is 13.1 Å². The van der Waals surface area contributed by atoms with E-state index in [4.69, 9.17) is 8.85 Å². The van der Waals surface area contributed by atoms with Gasteiger partial charge in [-0.1, -0.05) is 26.9 Å². The van der Waals surface area contributed by atoms with Crippen LogP contribution in [0, 0.1) is 5.41 Å². The number of hydrogen-bond donors (Lipinski definition) is 1. The second-order valence-corrected chi connectivity index (χ2v) is 6.11. The predicted molar refractivity (Wildman–Crippen MR) is 64.9 cm³/mol. The zero-order valence-electron chi connectivity index (χ0n) is 10.0. The van der Waals surface area contributed by atoms with Crippen molar-refractivity contribution in [1.82, 2.24) is 0 Å². The summed E-state index contributed by atoms with van der Waals surface area (Å²) in [6.07, 6.45) is 0.322. The highest BCUT2D eigenvalue weighted by Crippen LogP contribution is 2.29. The van der Waals surface area contributed by atoms with Crippen molar-refractivity contribution < 1.29 is 14.0 Å². The fourth-order valence-corrected chi connectivity index (χ4v) is 3.55. The topological polar surface area (TPSA) is 38.7 Å². The molecule has 0 aromatic carbocycles. The lowest BCUT2D eigenvalue weighted by molar-refractivity contribution is -0.0935. The lowest BCUT2D eigenvalue weighted by atomic mass is 9.86. The molecule has 0 bridgehead atoms. The van der Waals surface area contributed by atoms with Gasteiger partial charge < -0.3 is 14.0 Å². The molecular formula is C9H24O3Si2. The quantitative estimate of drug-likeness (QED) is 0.514. The van der Waals surface area contributed by atoms with Crippen LogP contribution >= 0.6 is 0 Å². The van der Waals surface area contributed by atoms with E-state index in [2.05, 4.69) is 26.9 Å². The molecule has 0 radical (unpaired) electrons. The van der Waals surface area contributed by atoms with Crippen molar-refractivity contribution in [2.75, 3.05) is 0 Å². The van der Waals surface area contributed by atoms with Gasteiger partial charge in [-0.3, -0.25) is 0 Å². The summed E-state index contributed by atoms with van der Waals surface area (Å²) in [7, 11) is -0.904. The summed E-state index contributed by atoms with van der Waals surface area (Å²) in [4.78, 5) is 0. The van der Waals surface area contributed by atoms with Crippen molar-refractivity contribution in [3.63, 3.8) is 0 Å². The van der Waals surface area contributed by atoms with Crippen LogP contribution in [0.25, 0.3) is 0 Å². The molecule has 3 nitrogen and oxygen atoms in total. The Morgan fingerprint density at radius 1 is 1.21 bits per heavy atom. The molecule has 14 heavy (non-hydrogen) atoms. The zero-order chi connectivity index (χ0) is 11.2. The average molecular weight is 236 g/mol. The minimum absolute atomic E-state index is 0.0831. The Morgan fingerprint density at radius 3 is 1.93 bits per heavy atom. The van der Waals surface area contributed by atoms with Crippen LogP contribution in [0.3, 0.4) is 0 Å². The van der Waals surface area contributed by atoms with Crippen molar-refractivity contribution in [2.24, 2.45) is 5.41 Å². The maximum absolute atomic E-state index is 9.38. The summed E-state index contributed by atoms with van der Waals surface area (Å²) >= 11 is 0. The maximum Gasteiger partial charge on any atom is 0.161 e. The van der Waals surface area contributed by atoms with Crippen LogP contribution in [0.15, 0.2) is 0 Å². The average Bonchev–Trinajstić information content (AvgIpc) is 2.01. The number of hydrogen-bond acceptors (Lipinski definition) is 3. The van der Waals surface area contributed by atoms with E-state index in [1.807, 2.05) is 6.92 Å². The Kier molecular flexibility index (Phi) is 6.89. The lowest BCUT2D eigenvalue weighted by Gasteiger charge is -2.35. The fraction of sp³-hybridized carbons (Fsp3) is 1.00. The molecule has 86 valence electrons. The molecule has 0 spiro atoms. The predicted octanol–water partition coefficient (Wildman–Crippen LogP) is 0.407. The molecule has 0 amide bonds. The minimum atomic E-state index is -0.452. The molecule has 0 aromatic heterocycles. The molecule has 0 rings (SSSR count). The van der Waals surface area contributed by atoms with E-state index >= 15 is 0 Å². The molecule has 5 heteroatoms. The third kappa shape index (κ3) is 5.26. The Bertz CT molecular complexity index is 145. The first-order valence-corrected chi connectivity index (χ1v) is 9.33. The van der Waals surface area contributed by atoms with Crippen molar-refractivity contribution >= 4 is 19.5 Å². The number of aliphatic hydroxyl groups excluding tert-OH is 1. The van der Waals surface area contributed by atoms with Crippen LogP contribution < -0.4 is 0 Å². The Labute approximate surface area is 92.1 Å². The summed E-state index contributed by atoms with van der Waals surface area (Å²) in [6.45, 7) is 10.2. The van der Waals surface area contributed by atoms with E-state index in [0.29, 0.717) is 0 Å². The summed E-state index contributed by atoms with van der Waals surface area (Å²) in [6, 6.07) is 0. The molecule has 1 N–H and O–H groups in total. The van der Waals surface area contributed by atoms with Crippen LogP contribution in [-0.2, 0) is 8.85 Å². The summed E-state index contributed by atoms with van der Waals surface area (Å²) in [5.41, 5.74) is -0.0831. The van der Waals surface area contributed by atoms with E-state index < -0.39 is 19.5 Å². The summed E-state index contributed by atoms with van der Waals surface area (Å²) in [5.74, 6) is 0. The second kappa shape index (κ2) is 6.73. The summed E-state index contributed by atoms with van der Waals surface area (Å²) < 4.78 is 11.4. The van der Waals surface area contributed by atoms with Crippen LogP contribution in [0.4, 0.5) is 0 Å². The second-order valence-electron chi connectivity index (χ2n) is 4.28. The molecular weight excluding hydrogens is 212 g/mol.